The van der Waals surface area contributed by atoms with Gasteiger partial charge in [-0.25, -0.2) is 0 Å². The topological polar surface area (TPSA) is 29.1 Å². The van der Waals surface area contributed by atoms with Gasteiger partial charge in [-0.05, 0) is 36.8 Å². The van der Waals surface area contributed by atoms with Crippen LogP contribution in [-0.2, 0) is 5.88 Å². The summed E-state index contributed by atoms with van der Waals surface area (Å²) in [6.07, 6.45) is 0. The molecule has 2 aromatic carbocycles. The molecule has 0 bridgehead atoms. The van der Waals surface area contributed by atoms with Crippen LogP contribution in [-0.4, -0.2) is 5.91 Å². The van der Waals surface area contributed by atoms with Gasteiger partial charge in [0, 0.05) is 17.1 Å². The van der Waals surface area contributed by atoms with Crippen LogP contribution in [0.4, 0.5) is 5.69 Å². The van der Waals surface area contributed by atoms with Gasteiger partial charge >= 0.3 is 0 Å². The van der Waals surface area contributed by atoms with Gasteiger partial charge in [-0.1, -0.05) is 29.8 Å². The number of carbonyl (C=O) groups is 1. The van der Waals surface area contributed by atoms with E-state index in [1.54, 1.807) is 0 Å². The van der Waals surface area contributed by atoms with Crippen molar-refractivity contribution in [3.63, 3.8) is 0 Å². The van der Waals surface area contributed by atoms with Crippen molar-refractivity contribution >= 4 is 23.2 Å². The number of benzene rings is 2. The number of halogens is 1. The lowest BCUT2D eigenvalue weighted by Crippen LogP contribution is -2.11. The maximum Gasteiger partial charge on any atom is 0.255 e. The maximum absolute atomic E-state index is 11.9. The number of hydrogen-bond donors (Lipinski definition) is 1. The molecule has 0 saturated carbocycles. The summed E-state index contributed by atoms with van der Waals surface area (Å²) in [6, 6.07) is 15.0. The van der Waals surface area contributed by atoms with Gasteiger partial charge in [-0.2, -0.15) is 0 Å². The van der Waals surface area contributed by atoms with Crippen molar-refractivity contribution in [2.24, 2.45) is 0 Å². The second-order valence-corrected chi connectivity index (χ2v) is 4.42. The van der Waals surface area contributed by atoms with Gasteiger partial charge in [-0.3, -0.25) is 4.79 Å². The average molecular weight is 260 g/mol. The number of aryl methyl sites for hydroxylation is 1. The Morgan fingerprint density at radius 1 is 1.06 bits per heavy atom. The molecule has 2 rings (SSSR count). The van der Waals surface area contributed by atoms with Crippen LogP contribution in [0.3, 0.4) is 0 Å². The highest BCUT2D eigenvalue weighted by Crippen LogP contribution is 2.13. The predicted octanol–water partition coefficient (Wildman–Crippen LogP) is 3.99. The molecule has 0 aliphatic carbocycles. The first-order chi connectivity index (χ1) is 8.69. The third-order valence-corrected chi connectivity index (χ3v) is 2.99. The van der Waals surface area contributed by atoms with Crippen molar-refractivity contribution < 1.29 is 4.79 Å². The van der Waals surface area contributed by atoms with Crippen molar-refractivity contribution in [3.8, 4) is 0 Å². The number of amides is 1. The molecule has 2 nitrogen and oxygen atoms in total. The molecular weight excluding hydrogens is 246 g/mol. The fourth-order valence-corrected chi connectivity index (χ4v) is 1.76. The van der Waals surface area contributed by atoms with Crippen LogP contribution in [0.2, 0.25) is 0 Å². The summed E-state index contributed by atoms with van der Waals surface area (Å²) in [5.41, 5.74) is 3.60. The highest BCUT2D eigenvalue weighted by molar-refractivity contribution is 6.17. The summed E-state index contributed by atoms with van der Waals surface area (Å²) in [4.78, 5) is 11.9. The van der Waals surface area contributed by atoms with Crippen molar-refractivity contribution in [2.75, 3.05) is 5.32 Å². The van der Waals surface area contributed by atoms with E-state index in [9.17, 15) is 4.79 Å². The van der Waals surface area contributed by atoms with E-state index in [0.29, 0.717) is 11.4 Å². The molecule has 0 radical (unpaired) electrons. The van der Waals surface area contributed by atoms with E-state index in [1.165, 1.54) is 0 Å². The van der Waals surface area contributed by atoms with E-state index in [0.717, 1.165) is 16.8 Å². The first-order valence-corrected chi connectivity index (χ1v) is 6.25. The molecule has 3 heteroatoms. The zero-order chi connectivity index (χ0) is 13.0. The first kappa shape index (κ1) is 12.7. The Balaban J connectivity index is 2.08. The summed E-state index contributed by atoms with van der Waals surface area (Å²) in [5, 5.41) is 2.85. The quantitative estimate of drug-likeness (QED) is 0.830. The van der Waals surface area contributed by atoms with Gasteiger partial charge in [0.15, 0.2) is 0 Å². The fourth-order valence-electron chi connectivity index (χ4n) is 1.59. The normalized spacial score (nSPS) is 10.1. The lowest BCUT2D eigenvalue weighted by Gasteiger charge is -2.06. The van der Waals surface area contributed by atoms with Gasteiger partial charge in [-0.15, -0.1) is 11.6 Å². The minimum Gasteiger partial charge on any atom is -0.322 e. The van der Waals surface area contributed by atoms with Gasteiger partial charge in [0.05, 0.1) is 0 Å². The van der Waals surface area contributed by atoms with E-state index in [-0.39, 0.29) is 5.91 Å². The molecule has 0 saturated heterocycles. The second-order valence-electron chi connectivity index (χ2n) is 4.15. The summed E-state index contributed by atoms with van der Waals surface area (Å²) in [5.74, 6) is 0.375. The largest absolute Gasteiger partial charge is 0.322 e. The van der Waals surface area contributed by atoms with Gasteiger partial charge in [0.25, 0.3) is 5.91 Å². The molecule has 1 N–H and O–H groups in total. The van der Waals surface area contributed by atoms with E-state index in [4.69, 9.17) is 11.6 Å². The number of anilines is 1. The Labute approximate surface area is 112 Å². The Kier molecular flexibility index (Phi) is 4.00. The van der Waals surface area contributed by atoms with Crippen molar-refractivity contribution in [1.82, 2.24) is 0 Å². The van der Waals surface area contributed by atoms with E-state index < -0.39 is 0 Å². The third-order valence-electron chi connectivity index (χ3n) is 2.68. The van der Waals surface area contributed by atoms with Gasteiger partial charge in [0.2, 0.25) is 0 Å². The lowest BCUT2D eigenvalue weighted by molar-refractivity contribution is 0.102. The molecule has 18 heavy (non-hydrogen) atoms. The number of nitrogens with one attached hydrogen (secondary N) is 1. The molecule has 1 amide bonds. The summed E-state index contributed by atoms with van der Waals surface area (Å²) >= 11 is 5.71. The second kappa shape index (κ2) is 5.69. The number of hydrogen-bond acceptors (Lipinski definition) is 1. The average Bonchev–Trinajstić information content (AvgIpc) is 2.40. The SMILES string of the molecule is Cc1ccc(C(=O)Nc2ccc(CCl)cc2)cc1. The molecule has 2 aromatic rings. The van der Waals surface area contributed by atoms with E-state index in [1.807, 2.05) is 55.5 Å². The van der Waals surface area contributed by atoms with Crippen LogP contribution >= 0.6 is 11.6 Å². The lowest BCUT2D eigenvalue weighted by atomic mass is 10.1. The third kappa shape index (κ3) is 3.11. The number of rotatable bonds is 3. The number of alkyl halides is 1. The smallest absolute Gasteiger partial charge is 0.255 e. The van der Waals surface area contributed by atoms with E-state index >= 15 is 0 Å². The van der Waals surface area contributed by atoms with Crippen molar-refractivity contribution in [3.05, 3.63) is 65.2 Å². The summed E-state index contributed by atoms with van der Waals surface area (Å²) < 4.78 is 0. The molecule has 0 aliphatic heterocycles. The summed E-state index contributed by atoms with van der Waals surface area (Å²) in [6.45, 7) is 1.99. The minimum atomic E-state index is -0.103. The molecule has 0 aromatic heterocycles. The Morgan fingerprint density at radius 2 is 1.67 bits per heavy atom. The van der Waals surface area contributed by atoms with Crippen molar-refractivity contribution in [2.45, 2.75) is 12.8 Å². The standard InChI is InChI=1S/C15H14ClNO/c1-11-2-6-13(7-3-11)15(18)17-14-8-4-12(10-16)5-9-14/h2-9H,10H2,1H3,(H,17,18). The highest BCUT2D eigenvalue weighted by atomic mass is 35.5. The predicted molar refractivity (Wildman–Crippen MR) is 75.1 cm³/mol. The molecule has 92 valence electrons. The van der Waals surface area contributed by atoms with Crippen LogP contribution in [0.15, 0.2) is 48.5 Å². The summed E-state index contributed by atoms with van der Waals surface area (Å²) in [7, 11) is 0. The minimum absolute atomic E-state index is 0.103. The zero-order valence-corrected chi connectivity index (χ0v) is 10.9. The van der Waals surface area contributed by atoms with Crippen molar-refractivity contribution in [1.29, 1.82) is 0 Å². The van der Waals surface area contributed by atoms with Gasteiger partial charge < -0.3 is 5.32 Å². The molecule has 0 unspecified atom stereocenters. The molecule has 0 spiro atoms. The Bertz CT molecular complexity index is 531. The Hall–Kier alpha value is -1.80. The Morgan fingerprint density at radius 3 is 2.22 bits per heavy atom. The van der Waals surface area contributed by atoms with Crippen LogP contribution < -0.4 is 5.32 Å². The maximum atomic E-state index is 11.9. The van der Waals surface area contributed by atoms with E-state index in [2.05, 4.69) is 5.32 Å². The number of carbonyl (C=O) groups excluding carboxylic acids is 1. The van der Waals surface area contributed by atoms with Crippen LogP contribution in [0, 0.1) is 6.92 Å². The monoisotopic (exact) mass is 259 g/mol. The van der Waals surface area contributed by atoms with Gasteiger partial charge in [0.1, 0.15) is 0 Å². The fraction of sp³-hybridized carbons (Fsp3) is 0.133. The molecule has 0 aliphatic rings. The molecular formula is C15H14ClNO. The molecule has 0 heterocycles. The van der Waals surface area contributed by atoms with Crippen LogP contribution in [0.25, 0.3) is 0 Å². The molecule has 0 atom stereocenters. The van der Waals surface area contributed by atoms with Crippen LogP contribution in [0.1, 0.15) is 21.5 Å². The first-order valence-electron chi connectivity index (χ1n) is 5.72. The highest BCUT2D eigenvalue weighted by Gasteiger charge is 2.05. The molecule has 0 fully saturated rings. The zero-order valence-electron chi connectivity index (χ0n) is 10.1. The van der Waals surface area contributed by atoms with Crippen LogP contribution in [0.5, 0.6) is 0 Å².